The van der Waals surface area contributed by atoms with Crippen LogP contribution in [0.2, 0.25) is 0 Å². The van der Waals surface area contributed by atoms with Crippen molar-refractivity contribution in [2.45, 2.75) is 57.2 Å². The molecule has 1 saturated carbocycles. The zero-order chi connectivity index (χ0) is 15.5. The second-order valence-electron chi connectivity index (χ2n) is 6.17. The van der Waals surface area contributed by atoms with Crippen LogP contribution in [-0.2, 0) is 16.6 Å². The molecule has 5 nitrogen and oxygen atoms in total. The Morgan fingerprint density at radius 2 is 2.00 bits per heavy atom. The Bertz CT molecular complexity index is 551. The molecule has 0 aliphatic heterocycles. The maximum absolute atomic E-state index is 12.5. The second kappa shape index (κ2) is 6.94. The van der Waals surface area contributed by atoms with Crippen LogP contribution in [-0.4, -0.2) is 21.5 Å². The first-order valence-corrected chi connectivity index (χ1v) is 9.18. The van der Waals surface area contributed by atoms with Crippen LogP contribution in [0.5, 0.6) is 0 Å². The topological polar surface area (TPSA) is 71.3 Å². The van der Waals surface area contributed by atoms with Crippen LogP contribution in [0, 0.1) is 11.8 Å². The molecular weight excluding hydrogens is 288 g/mol. The van der Waals surface area contributed by atoms with Crippen LogP contribution in [0.25, 0.3) is 0 Å². The van der Waals surface area contributed by atoms with Gasteiger partial charge in [0.05, 0.1) is 6.54 Å². The summed E-state index contributed by atoms with van der Waals surface area (Å²) in [6.07, 6.45) is 4.27. The molecule has 2 unspecified atom stereocenters. The number of hydrogen-bond acceptors (Lipinski definition) is 4. The van der Waals surface area contributed by atoms with E-state index in [0.717, 1.165) is 19.3 Å². The predicted octanol–water partition coefficient (Wildman–Crippen LogP) is 2.49. The van der Waals surface area contributed by atoms with E-state index in [1.807, 2.05) is 0 Å². The predicted molar refractivity (Wildman–Crippen MR) is 82.4 cm³/mol. The van der Waals surface area contributed by atoms with Gasteiger partial charge in [0.1, 0.15) is 5.76 Å². The zero-order valence-electron chi connectivity index (χ0n) is 13.1. The minimum Gasteiger partial charge on any atom is -0.447 e. The van der Waals surface area contributed by atoms with E-state index in [1.165, 1.54) is 12.5 Å². The normalized spacial score (nSPS) is 23.6. The molecule has 1 heterocycles. The van der Waals surface area contributed by atoms with Gasteiger partial charge in [-0.05, 0) is 43.9 Å². The molecule has 2 N–H and O–H groups in total. The molecule has 0 radical (unpaired) electrons. The average molecular weight is 314 g/mol. The van der Waals surface area contributed by atoms with Crippen molar-refractivity contribution in [2.24, 2.45) is 11.8 Å². The smallest absolute Gasteiger partial charge is 0.274 e. The van der Waals surface area contributed by atoms with Crippen molar-refractivity contribution >= 4 is 10.0 Å². The zero-order valence-corrected chi connectivity index (χ0v) is 13.9. The Morgan fingerprint density at radius 1 is 1.29 bits per heavy atom. The summed E-state index contributed by atoms with van der Waals surface area (Å²) in [6.45, 7) is 4.85. The Kier molecular flexibility index (Phi) is 5.46. The molecule has 1 aliphatic rings. The van der Waals surface area contributed by atoms with E-state index < -0.39 is 10.0 Å². The first-order valence-electron chi connectivity index (χ1n) is 7.69. The fourth-order valence-corrected chi connectivity index (χ4v) is 4.40. The van der Waals surface area contributed by atoms with Crippen molar-refractivity contribution in [1.29, 1.82) is 0 Å². The van der Waals surface area contributed by atoms with Gasteiger partial charge < -0.3 is 9.73 Å². The van der Waals surface area contributed by atoms with Gasteiger partial charge in [0.25, 0.3) is 10.0 Å². The van der Waals surface area contributed by atoms with E-state index in [9.17, 15) is 8.42 Å². The molecular formula is C15H26N2O3S. The quantitative estimate of drug-likeness (QED) is 0.846. The minimum absolute atomic E-state index is 0.0147. The van der Waals surface area contributed by atoms with Gasteiger partial charge in [-0.1, -0.05) is 26.7 Å². The molecule has 6 heteroatoms. The third kappa shape index (κ3) is 4.08. The highest BCUT2D eigenvalue weighted by Gasteiger charge is 2.32. The Hall–Kier alpha value is -0.850. The SMILES string of the molecule is CNCc1ccc(S(=O)(=O)NC2CCCCC2C(C)C)o1. The lowest BCUT2D eigenvalue weighted by atomic mass is 9.78. The Labute approximate surface area is 127 Å². The molecule has 1 fully saturated rings. The second-order valence-corrected chi connectivity index (χ2v) is 7.82. The Morgan fingerprint density at radius 3 is 2.67 bits per heavy atom. The fourth-order valence-electron chi connectivity index (χ4n) is 3.13. The van der Waals surface area contributed by atoms with Crippen LogP contribution in [0.1, 0.15) is 45.3 Å². The summed E-state index contributed by atoms with van der Waals surface area (Å²) in [5.41, 5.74) is 0. The van der Waals surface area contributed by atoms with Crippen LogP contribution >= 0.6 is 0 Å². The van der Waals surface area contributed by atoms with Gasteiger partial charge in [0.2, 0.25) is 5.09 Å². The highest BCUT2D eigenvalue weighted by atomic mass is 32.2. The van der Waals surface area contributed by atoms with Gasteiger partial charge in [-0.25, -0.2) is 13.1 Å². The van der Waals surface area contributed by atoms with Crippen LogP contribution < -0.4 is 10.0 Å². The van der Waals surface area contributed by atoms with Crippen LogP contribution in [0.15, 0.2) is 21.6 Å². The maximum atomic E-state index is 12.5. The summed E-state index contributed by atoms with van der Waals surface area (Å²) in [5.74, 6) is 1.51. The molecule has 0 saturated heterocycles. The molecule has 21 heavy (non-hydrogen) atoms. The first kappa shape index (κ1) is 16.5. The molecule has 1 aromatic rings. The Balaban J connectivity index is 2.11. The lowest BCUT2D eigenvalue weighted by Gasteiger charge is -2.34. The summed E-state index contributed by atoms with van der Waals surface area (Å²) in [4.78, 5) is 0. The summed E-state index contributed by atoms with van der Waals surface area (Å²) >= 11 is 0. The maximum Gasteiger partial charge on any atom is 0.274 e. The highest BCUT2D eigenvalue weighted by molar-refractivity contribution is 7.89. The monoisotopic (exact) mass is 314 g/mol. The van der Waals surface area contributed by atoms with Crippen molar-refractivity contribution in [3.05, 3.63) is 17.9 Å². The molecule has 0 aromatic carbocycles. The van der Waals surface area contributed by atoms with Gasteiger partial charge in [-0.3, -0.25) is 0 Å². The number of sulfonamides is 1. The molecule has 0 bridgehead atoms. The van der Waals surface area contributed by atoms with Crippen molar-refractivity contribution in [3.63, 3.8) is 0 Å². The number of hydrogen-bond donors (Lipinski definition) is 2. The summed E-state index contributed by atoms with van der Waals surface area (Å²) in [7, 11) is -1.77. The average Bonchev–Trinajstić information content (AvgIpc) is 2.88. The van der Waals surface area contributed by atoms with Crippen LogP contribution in [0.4, 0.5) is 0 Å². The molecule has 1 aliphatic carbocycles. The summed E-state index contributed by atoms with van der Waals surface area (Å²) < 4.78 is 33.2. The van der Waals surface area contributed by atoms with Gasteiger partial charge in [-0.2, -0.15) is 0 Å². The lowest BCUT2D eigenvalue weighted by molar-refractivity contribution is 0.225. The van der Waals surface area contributed by atoms with E-state index >= 15 is 0 Å². The third-order valence-electron chi connectivity index (χ3n) is 4.24. The lowest BCUT2D eigenvalue weighted by Crippen LogP contribution is -2.43. The summed E-state index contributed by atoms with van der Waals surface area (Å²) in [6, 6.07) is 3.25. The fraction of sp³-hybridized carbons (Fsp3) is 0.733. The van der Waals surface area contributed by atoms with Gasteiger partial charge in [0.15, 0.2) is 0 Å². The van der Waals surface area contributed by atoms with Crippen molar-refractivity contribution in [1.82, 2.24) is 10.0 Å². The van der Waals surface area contributed by atoms with E-state index in [0.29, 0.717) is 24.1 Å². The molecule has 2 atom stereocenters. The summed E-state index contributed by atoms with van der Waals surface area (Å²) in [5, 5.41) is 2.96. The van der Waals surface area contributed by atoms with Crippen molar-refractivity contribution in [3.8, 4) is 0 Å². The first-order chi connectivity index (χ1) is 9.94. The van der Waals surface area contributed by atoms with Crippen molar-refractivity contribution in [2.75, 3.05) is 7.05 Å². The van der Waals surface area contributed by atoms with Crippen molar-refractivity contribution < 1.29 is 12.8 Å². The number of nitrogens with one attached hydrogen (secondary N) is 2. The molecule has 0 amide bonds. The van der Waals surface area contributed by atoms with Gasteiger partial charge in [0, 0.05) is 6.04 Å². The molecule has 0 spiro atoms. The standard InChI is InChI=1S/C15H26N2O3S/c1-11(2)13-6-4-5-7-14(13)17-21(18,19)15-9-8-12(20-15)10-16-3/h8-9,11,13-14,16-17H,4-7,10H2,1-3H3. The largest absolute Gasteiger partial charge is 0.447 e. The number of rotatable bonds is 6. The molecule has 120 valence electrons. The van der Waals surface area contributed by atoms with E-state index in [4.69, 9.17) is 4.42 Å². The minimum atomic E-state index is -3.57. The van der Waals surface area contributed by atoms with E-state index in [1.54, 1.807) is 13.1 Å². The highest BCUT2D eigenvalue weighted by Crippen LogP contribution is 2.31. The van der Waals surface area contributed by atoms with E-state index in [2.05, 4.69) is 23.9 Å². The van der Waals surface area contributed by atoms with Crippen LogP contribution in [0.3, 0.4) is 0 Å². The molecule has 1 aromatic heterocycles. The third-order valence-corrected chi connectivity index (χ3v) is 5.60. The van der Waals surface area contributed by atoms with E-state index in [-0.39, 0.29) is 11.1 Å². The van der Waals surface area contributed by atoms with Gasteiger partial charge in [-0.15, -0.1) is 0 Å². The number of furan rings is 1. The molecule has 2 rings (SSSR count). The van der Waals surface area contributed by atoms with Gasteiger partial charge >= 0.3 is 0 Å².